The fourth-order valence-electron chi connectivity index (χ4n) is 1.40. The molecular formula is C10H14N4S. The van der Waals surface area contributed by atoms with Crippen molar-refractivity contribution in [2.45, 2.75) is 13.5 Å². The summed E-state index contributed by atoms with van der Waals surface area (Å²) in [5.74, 6) is 0. The summed E-state index contributed by atoms with van der Waals surface area (Å²) in [6.07, 6.45) is 3.79. The Morgan fingerprint density at radius 3 is 2.87 bits per heavy atom. The third-order valence-corrected chi connectivity index (χ3v) is 3.40. The van der Waals surface area contributed by atoms with Crippen molar-refractivity contribution in [2.24, 2.45) is 7.05 Å². The van der Waals surface area contributed by atoms with E-state index in [9.17, 15) is 0 Å². The van der Waals surface area contributed by atoms with E-state index in [0.29, 0.717) is 0 Å². The summed E-state index contributed by atoms with van der Waals surface area (Å²) < 4.78 is 1.87. The molecule has 0 aliphatic carbocycles. The van der Waals surface area contributed by atoms with Crippen molar-refractivity contribution in [2.75, 3.05) is 7.05 Å². The van der Waals surface area contributed by atoms with E-state index in [-0.39, 0.29) is 0 Å². The normalized spacial score (nSPS) is 10.9. The van der Waals surface area contributed by atoms with Crippen molar-refractivity contribution < 1.29 is 0 Å². The third kappa shape index (κ3) is 1.93. The van der Waals surface area contributed by atoms with Crippen LogP contribution in [0.3, 0.4) is 0 Å². The van der Waals surface area contributed by atoms with Crippen LogP contribution in [0.15, 0.2) is 12.4 Å². The van der Waals surface area contributed by atoms with Crippen LogP contribution in [-0.4, -0.2) is 21.8 Å². The van der Waals surface area contributed by atoms with Gasteiger partial charge in [-0.1, -0.05) is 0 Å². The van der Waals surface area contributed by atoms with Crippen LogP contribution in [0.2, 0.25) is 0 Å². The molecule has 0 atom stereocenters. The van der Waals surface area contributed by atoms with E-state index in [4.69, 9.17) is 0 Å². The molecule has 0 radical (unpaired) electrons. The first kappa shape index (κ1) is 10.3. The number of aromatic nitrogens is 3. The summed E-state index contributed by atoms with van der Waals surface area (Å²) in [6, 6.07) is 0. The average molecular weight is 222 g/mol. The lowest BCUT2D eigenvalue weighted by atomic mass is 10.3. The summed E-state index contributed by atoms with van der Waals surface area (Å²) in [5.41, 5.74) is 2.28. The highest BCUT2D eigenvalue weighted by Gasteiger charge is 2.10. The van der Waals surface area contributed by atoms with Gasteiger partial charge in [0, 0.05) is 30.4 Å². The monoisotopic (exact) mass is 222 g/mol. The van der Waals surface area contributed by atoms with Gasteiger partial charge in [-0.15, -0.1) is 11.3 Å². The van der Waals surface area contributed by atoms with Gasteiger partial charge < -0.3 is 5.32 Å². The Morgan fingerprint density at radius 2 is 2.27 bits per heavy atom. The number of rotatable bonds is 3. The second-order valence-corrected chi connectivity index (χ2v) is 4.54. The van der Waals surface area contributed by atoms with Crippen LogP contribution in [0.5, 0.6) is 0 Å². The maximum absolute atomic E-state index is 4.40. The average Bonchev–Trinajstić information content (AvgIpc) is 2.77. The van der Waals surface area contributed by atoms with Crippen molar-refractivity contribution >= 4 is 11.3 Å². The maximum atomic E-state index is 4.40. The van der Waals surface area contributed by atoms with Crippen LogP contribution in [0.25, 0.3) is 10.6 Å². The summed E-state index contributed by atoms with van der Waals surface area (Å²) >= 11 is 1.71. The largest absolute Gasteiger partial charge is 0.315 e. The SMILES string of the molecule is CNCc1cnc(-c2cnn(C)c2C)s1. The lowest BCUT2D eigenvalue weighted by Gasteiger charge is -1.95. The quantitative estimate of drug-likeness (QED) is 0.857. The van der Waals surface area contributed by atoms with E-state index in [1.54, 1.807) is 11.3 Å². The molecule has 2 aromatic heterocycles. The maximum Gasteiger partial charge on any atom is 0.127 e. The van der Waals surface area contributed by atoms with Crippen LogP contribution in [0.4, 0.5) is 0 Å². The van der Waals surface area contributed by atoms with Gasteiger partial charge in [0.05, 0.1) is 11.8 Å². The summed E-state index contributed by atoms with van der Waals surface area (Å²) in [7, 11) is 3.88. The lowest BCUT2D eigenvalue weighted by molar-refractivity contribution is 0.740. The van der Waals surface area contributed by atoms with Crippen molar-refractivity contribution in [1.29, 1.82) is 0 Å². The van der Waals surface area contributed by atoms with Crippen LogP contribution in [0, 0.1) is 6.92 Å². The van der Waals surface area contributed by atoms with Gasteiger partial charge in [-0.3, -0.25) is 4.68 Å². The molecule has 0 saturated carbocycles. The van der Waals surface area contributed by atoms with Crippen LogP contribution < -0.4 is 5.32 Å². The second kappa shape index (κ2) is 4.12. The fourth-order valence-corrected chi connectivity index (χ4v) is 2.38. The molecular weight excluding hydrogens is 208 g/mol. The zero-order chi connectivity index (χ0) is 10.8. The van der Waals surface area contributed by atoms with Crippen LogP contribution in [0.1, 0.15) is 10.6 Å². The van der Waals surface area contributed by atoms with Gasteiger partial charge in [-0.25, -0.2) is 4.98 Å². The first-order valence-corrected chi connectivity index (χ1v) is 5.62. The summed E-state index contributed by atoms with van der Waals surface area (Å²) in [5, 5.41) is 8.38. The van der Waals surface area contributed by atoms with Crippen LogP contribution in [-0.2, 0) is 13.6 Å². The van der Waals surface area contributed by atoms with E-state index < -0.39 is 0 Å². The Hall–Kier alpha value is -1.20. The van der Waals surface area contributed by atoms with E-state index in [1.807, 2.05) is 31.2 Å². The molecule has 4 nitrogen and oxygen atoms in total. The Morgan fingerprint density at radius 1 is 1.47 bits per heavy atom. The lowest BCUT2D eigenvalue weighted by Crippen LogP contribution is -2.02. The Labute approximate surface area is 93.0 Å². The molecule has 0 spiro atoms. The molecule has 0 fully saturated rings. The zero-order valence-corrected chi connectivity index (χ0v) is 9.93. The van der Waals surface area contributed by atoms with Gasteiger partial charge in [-0.05, 0) is 14.0 Å². The highest BCUT2D eigenvalue weighted by Crippen LogP contribution is 2.27. The van der Waals surface area contributed by atoms with E-state index in [1.165, 1.54) is 4.88 Å². The van der Waals surface area contributed by atoms with Gasteiger partial charge >= 0.3 is 0 Å². The summed E-state index contributed by atoms with van der Waals surface area (Å²) in [4.78, 5) is 5.65. The molecule has 0 aliphatic rings. The van der Waals surface area contributed by atoms with Gasteiger partial charge in [0.15, 0.2) is 0 Å². The standard InChI is InChI=1S/C10H14N4S/c1-7-9(6-13-14(7)3)10-12-5-8(15-10)4-11-2/h5-6,11H,4H2,1-3H3. The first-order chi connectivity index (χ1) is 7.22. The molecule has 1 N–H and O–H groups in total. The van der Waals surface area contributed by atoms with Crippen molar-refractivity contribution in [1.82, 2.24) is 20.1 Å². The molecule has 2 rings (SSSR count). The van der Waals surface area contributed by atoms with E-state index >= 15 is 0 Å². The van der Waals surface area contributed by atoms with Gasteiger partial charge in [0.2, 0.25) is 0 Å². The van der Waals surface area contributed by atoms with E-state index in [0.717, 1.165) is 22.8 Å². The van der Waals surface area contributed by atoms with Crippen molar-refractivity contribution in [3.63, 3.8) is 0 Å². The van der Waals surface area contributed by atoms with Crippen molar-refractivity contribution in [3.8, 4) is 10.6 Å². The van der Waals surface area contributed by atoms with Crippen LogP contribution >= 0.6 is 11.3 Å². The molecule has 0 saturated heterocycles. The molecule has 15 heavy (non-hydrogen) atoms. The van der Waals surface area contributed by atoms with E-state index in [2.05, 4.69) is 22.3 Å². The second-order valence-electron chi connectivity index (χ2n) is 3.43. The molecule has 0 aromatic carbocycles. The molecule has 80 valence electrons. The predicted molar refractivity (Wildman–Crippen MR) is 61.8 cm³/mol. The minimum Gasteiger partial charge on any atom is -0.315 e. The number of nitrogens with zero attached hydrogens (tertiary/aromatic N) is 3. The number of thiazole rings is 1. The minimum absolute atomic E-state index is 0.872. The number of hydrogen-bond acceptors (Lipinski definition) is 4. The smallest absolute Gasteiger partial charge is 0.127 e. The molecule has 2 aromatic rings. The van der Waals surface area contributed by atoms with Gasteiger partial charge in [-0.2, -0.15) is 5.10 Å². The molecule has 0 bridgehead atoms. The highest BCUT2D eigenvalue weighted by atomic mass is 32.1. The molecule has 0 aliphatic heterocycles. The third-order valence-electron chi connectivity index (χ3n) is 2.37. The minimum atomic E-state index is 0.872. The molecule has 5 heteroatoms. The van der Waals surface area contributed by atoms with Gasteiger partial charge in [0.1, 0.15) is 5.01 Å². The molecule has 0 amide bonds. The topological polar surface area (TPSA) is 42.7 Å². The Kier molecular flexibility index (Phi) is 2.83. The highest BCUT2D eigenvalue weighted by molar-refractivity contribution is 7.15. The first-order valence-electron chi connectivity index (χ1n) is 4.80. The fraction of sp³-hybridized carbons (Fsp3) is 0.400. The summed E-state index contributed by atoms with van der Waals surface area (Å²) in [6.45, 7) is 2.93. The molecule has 2 heterocycles. The van der Waals surface area contributed by atoms with Gasteiger partial charge in [0.25, 0.3) is 0 Å². The molecule has 0 unspecified atom stereocenters. The zero-order valence-electron chi connectivity index (χ0n) is 9.11. The predicted octanol–water partition coefficient (Wildman–Crippen LogP) is 1.57. The number of aryl methyl sites for hydroxylation is 1. The number of nitrogens with one attached hydrogen (secondary N) is 1. The number of hydrogen-bond donors (Lipinski definition) is 1. The Balaban J connectivity index is 2.33. The van der Waals surface area contributed by atoms with Crippen molar-refractivity contribution in [3.05, 3.63) is 23.0 Å². The Bertz CT molecular complexity index is 458.